The number of rotatable bonds is 1. The van der Waals surface area contributed by atoms with Crippen molar-refractivity contribution < 1.29 is 0 Å². The Labute approximate surface area is 96.7 Å². The van der Waals surface area contributed by atoms with Crippen molar-refractivity contribution in [2.24, 2.45) is 0 Å². The third-order valence-electron chi connectivity index (χ3n) is 2.57. The van der Waals surface area contributed by atoms with Gasteiger partial charge in [0.25, 0.3) is 0 Å². The molecule has 17 heavy (non-hydrogen) atoms. The van der Waals surface area contributed by atoms with Crippen LogP contribution in [-0.2, 0) is 0 Å². The molecule has 0 aliphatic rings. The Balaban J connectivity index is 2.19. The monoisotopic (exact) mass is 226 g/mol. The van der Waals surface area contributed by atoms with Crippen molar-refractivity contribution in [3.63, 3.8) is 0 Å². The SMILES string of the molecule is Nc1ncc(-c2ccc3nc[nH]c3c2)c(N)n1. The minimum atomic E-state index is 0.175. The number of H-pyrrole nitrogens is 1. The number of aromatic amines is 1. The number of nitrogens with two attached hydrogens (primary N) is 2. The molecular weight excluding hydrogens is 216 g/mol. The van der Waals surface area contributed by atoms with Crippen molar-refractivity contribution in [3.8, 4) is 11.1 Å². The zero-order chi connectivity index (χ0) is 11.8. The quantitative estimate of drug-likeness (QED) is 0.577. The van der Waals surface area contributed by atoms with Gasteiger partial charge >= 0.3 is 0 Å². The summed E-state index contributed by atoms with van der Waals surface area (Å²) < 4.78 is 0. The topological polar surface area (TPSA) is 106 Å². The Kier molecular flexibility index (Phi) is 1.94. The first-order valence-corrected chi connectivity index (χ1v) is 5.05. The summed E-state index contributed by atoms with van der Waals surface area (Å²) in [7, 11) is 0. The van der Waals surface area contributed by atoms with Gasteiger partial charge in [-0.15, -0.1) is 0 Å². The minimum absolute atomic E-state index is 0.175. The molecule has 0 radical (unpaired) electrons. The summed E-state index contributed by atoms with van der Waals surface area (Å²) in [6.45, 7) is 0. The molecule has 3 aromatic rings. The molecule has 0 atom stereocenters. The maximum atomic E-state index is 5.82. The van der Waals surface area contributed by atoms with Gasteiger partial charge in [-0.3, -0.25) is 0 Å². The van der Waals surface area contributed by atoms with Crippen molar-refractivity contribution >= 4 is 22.8 Å². The number of aromatic nitrogens is 4. The van der Waals surface area contributed by atoms with E-state index < -0.39 is 0 Å². The molecule has 3 rings (SSSR count). The van der Waals surface area contributed by atoms with Crippen LogP contribution in [0, 0.1) is 0 Å². The Morgan fingerprint density at radius 3 is 2.82 bits per heavy atom. The number of anilines is 2. The molecule has 0 fully saturated rings. The Hall–Kier alpha value is -2.63. The molecular formula is C11H10N6. The van der Waals surface area contributed by atoms with Gasteiger partial charge in [0.15, 0.2) is 0 Å². The fraction of sp³-hybridized carbons (Fsp3) is 0. The summed E-state index contributed by atoms with van der Waals surface area (Å²) in [4.78, 5) is 15.1. The molecule has 6 heteroatoms. The molecule has 2 aromatic heterocycles. The summed E-state index contributed by atoms with van der Waals surface area (Å²) in [5.41, 5.74) is 14.8. The lowest BCUT2D eigenvalue weighted by Crippen LogP contribution is -2.00. The number of imidazole rings is 1. The van der Waals surface area contributed by atoms with Crippen molar-refractivity contribution in [2.45, 2.75) is 0 Å². The van der Waals surface area contributed by atoms with E-state index in [4.69, 9.17) is 11.5 Å². The molecule has 0 spiro atoms. The third kappa shape index (κ3) is 1.55. The van der Waals surface area contributed by atoms with Crippen molar-refractivity contribution in [1.82, 2.24) is 19.9 Å². The van der Waals surface area contributed by atoms with Gasteiger partial charge in [-0.05, 0) is 17.7 Å². The van der Waals surface area contributed by atoms with E-state index in [1.165, 1.54) is 0 Å². The Morgan fingerprint density at radius 2 is 2.00 bits per heavy atom. The van der Waals surface area contributed by atoms with Crippen LogP contribution in [0.3, 0.4) is 0 Å². The van der Waals surface area contributed by atoms with Crippen LogP contribution in [0.4, 0.5) is 11.8 Å². The van der Waals surface area contributed by atoms with Crippen LogP contribution in [0.25, 0.3) is 22.2 Å². The fourth-order valence-electron chi connectivity index (χ4n) is 1.73. The van der Waals surface area contributed by atoms with Gasteiger partial charge in [-0.1, -0.05) is 6.07 Å². The normalized spacial score (nSPS) is 10.8. The van der Waals surface area contributed by atoms with Gasteiger partial charge in [-0.25, -0.2) is 9.97 Å². The van der Waals surface area contributed by atoms with E-state index in [-0.39, 0.29) is 5.95 Å². The maximum absolute atomic E-state index is 5.82. The first-order chi connectivity index (χ1) is 8.24. The number of hydrogen-bond donors (Lipinski definition) is 3. The molecule has 0 aliphatic carbocycles. The van der Waals surface area contributed by atoms with Gasteiger partial charge in [0.05, 0.1) is 17.4 Å². The second-order valence-electron chi connectivity index (χ2n) is 3.66. The number of benzene rings is 1. The summed E-state index contributed by atoms with van der Waals surface area (Å²) in [5, 5.41) is 0. The number of nitrogens with zero attached hydrogens (tertiary/aromatic N) is 3. The van der Waals surface area contributed by atoms with E-state index in [2.05, 4.69) is 19.9 Å². The van der Waals surface area contributed by atoms with Gasteiger partial charge in [0, 0.05) is 11.8 Å². The highest BCUT2D eigenvalue weighted by atomic mass is 15.0. The highest BCUT2D eigenvalue weighted by Gasteiger charge is 2.06. The highest BCUT2D eigenvalue weighted by Crippen LogP contribution is 2.26. The molecule has 5 N–H and O–H groups in total. The molecule has 0 aliphatic heterocycles. The largest absolute Gasteiger partial charge is 0.383 e. The lowest BCUT2D eigenvalue weighted by molar-refractivity contribution is 1.20. The van der Waals surface area contributed by atoms with Crippen LogP contribution < -0.4 is 11.5 Å². The van der Waals surface area contributed by atoms with Gasteiger partial charge in [-0.2, -0.15) is 4.98 Å². The van der Waals surface area contributed by atoms with Crippen molar-refractivity contribution in [2.75, 3.05) is 11.5 Å². The highest BCUT2D eigenvalue weighted by molar-refractivity contribution is 5.84. The average Bonchev–Trinajstić information content (AvgIpc) is 2.75. The number of nitrogens with one attached hydrogen (secondary N) is 1. The standard InChI is InChI=1S/C11H10N6/c12-10-7(4-14-11(13)17-10)6-1-2-8-9(3-6)16-5-15-8/h1-5H,(H,15,16)(H4,12,13,14,17). The fourth-order valence-corrected chi connectivity index (χ4v) is 1.73. The van der Waals surface area contributed by atoms with Crippen molar-refractivity contribution in [1.29, 1.82) is 0 Å². The van der Waals surface area contributed by atoms with E-state index in [0.29, 0.717) is 5.82 Å². The van der Waals surface area contributed by atoms with Crippen LogP contribution in [0.5, 0.6) is 0 Å². The van der Waals surface area contributed by atoms with Gasteiger partial charge < -0.3 is 16.5 Å². The van der Waals surface area contributed by atoms with E-state index in [1.807, 2.05) is 18.2 Å². The van der Waals surface area contributed by atoms with E-state index >= 15 is 0 Å². The summed E-state index contributed by atoms with van der Waals surface area (Å²) in [5.74, 6) is 0.547. The molecule has 0 saturated carbocycles. The molecule has 0 saturated heterocycles. The molecule has 6 nitrogen and oxygen atoms in total. The van der Waals surface area contributed by atoms with Crippen LogP contribution in [0.1, 0.15) is 0 Å². The zero-order valence-corrected chi connectivity index (χ0v) is 8.88. The first kappa shape index (κ1) is 9.59. The summed E-state index contributed by atoms with van der Waals surface area (Å²) in [6.07, 6.45) is 3.27. The van der Waals surface area contributed by atoms with Crippen LogP contribution in [0.15, 0.2) is 30.7 Å². The lowest BCUT2D eigenvalue weighted by Gasteiger charge is -2.04. The Bertz CT molecular complexity index is 687. The van der Waals surface area contributed by atoms with Crippen LogP contribution >= 0.6 is 0 Å². The van der Waals surface area contributed by atoms with Gasteiger partial charge in [0.1, 0.15) is 5.82 Å². The van der Waals surface area contributed by atoms with Crippen LogP contribution in [0.2, 0.25) is 0 Å². The van der Waals surface area contributed by atoms with E-state index in [1.54, 1.807) is 12.5 Å². The summed E-state index contributed by atoms with van der Waals surface area (Å²) in [6, 6.07) is 5.79. The van der Waals surface area contributed by atoms with Gasteiger partial charge in [0.2, 0.25) is 5.95 Å². The van der Waals surface area contributed by atoms with E-state index in [9.17, 15) is 0 Å². The molecule has 84 valence electrons. The molecule has 1 aromatic carbocycles. The molecule has 0 amide bonds. The lowest BCUT2D eigenvalue weighted by atomic mass is 10.1. The molecule has 0 bridgehead atoms. The smallest absolute Gasteiger partial charge is 0.221 e. The second-order valence-corrected chi connectivity index (χ2v) is 3.66. The van der Waals surface area contributed by atoms with Crippen LogP contribution in [-0.4, -0.2) is 19.9 Å². The number of fused-ring (bicyclic) bond motifs is 1. The third-order valence-corrected chi connectivity index (χ3v) is 2.57. The minimum Gasteiger partial charge on any atom is -0.383 e. The Morgan fingerprint density at radius 1 is 1.12 bits per heavy atom. The average molecular weight is 226 g/mol. The number of nitrogen functional groups attached to an aromatic ring is 2. The molecule has 0 unspecified atom stereocenters. The zero-order valence-electron chi connectivity index (χ0n) is 8.88. The first-order valence-electron chi connectivity index (χ1n) is 5.05. The maximum Gasteiger partial charge on any atom is 0.221 e. The predicted molar refractivity (Wildman–Crippen MR) is 65.9 cm³/mol. The van der Waals surface area contributed by atoms with Crippen molar-refractivity contribution in [3.05, 3.63) is 30.7 Å². The summed E-state index contributed by atoms with van der Waals surface area (Å²) >= 11 is 0. The predicted octanol–water partition coefficient (Wildman–Crippen LogP) is 1.18. The molecule has 2 heterocycles. The van der Waals surface area contributed by atoms with E-state index in [0.717, 1.165) is 22.2 Å². The second kappa shape index (κ2) is 3.44. The number of hydrogen-bond acceptors (Lipinski definition) is 5.